The van der Waals surface area contributed by atoms with Crippen LogP contribution in [0.2, 0.25) is 0 Å². The molecule has 1 fully saturated rings. The molecule has 5 atom stereocenters. The Kier molecular flexibility index (Phi) is 13.5. The first-order chi connectivity index (χ1) is 29.9. The highest BCUT2D eigenvalue weighted by Crippen LogP contribution is 2.48. The number of urea groups is 1. The zero-order chi connectivity index (χ0) is 42.0. The minimum absolute atomic E-state index is 0.0567. The summed E-state index contributed by atoms with van der Waals surface area (Å²) >= 11 is 1.51. The van der Waals surface area contributed by atoms with E-state index in [-0.39, 0.29) is 31.0 Å². The smallest absolute Gasteiger partial charge is 0.315 e. The lowest BCUT2D eigenvalue weighted by Crippen LogP contribution is -2.46. The van der Waals surface area contributed by atoms with Gasteiger partial charge in [0.15, 0.2) is 17.8 Å². The largest absolute Gasteiger partial charge is 0.431 e. The van der Waals surface area contributed by atoms with Gasteiger partial charge in [0, 0.05) is 34.9 Å². The van der Waals surface area contributed by atoms with Crippen molar-refractivity contribution in [3.63, 3.8) is 0 Å². The van der Waals surface area contributed by atoms with Gasteiger partial charge >= 0.3 is 6.03 Å². The monoisotopic (exact) mass is 829 g/mol. The van der Waals surface area contributed by atoms with Gasteiger partial charge in [0.1, 0.15) is 5.69 Å². The topological polar surface area (TPSA) is 123 Å². The van der Waals surface area contributed by atoms with Gasteiger partial charge in [0.25, 0.3) is 5.22 Å². The van der Waals surface area contributed by atoms with Crippen LogP contribution in [0.1, 0.15) is 58.6 Å². The summed E-state index contributed by atoms with van der Waals surface area (Å²) in [7, 11) is 0. The van der Waals surface area contributed by atoms with E-state index in [1.807, 2.05) is 158 Å². The first-order valence-electron chi connectivity index (χ1n) is 20.4. The number of benzene rings is 6. The maximum Gasteiger partial charge on any atom is 0.315 e. The molecular formula is C51H47N3O6S. The molecule has 1 aliphatic rings. The molecule has 6 aromatic carbocycles. The number of nitrogens with zero attached hydrogens (tertiary/aromatic N) is 1. The molecule has 0 spiro atoms. The Morgan fingerprint density at radius 2 is 1.26 bits per heavy atom. The van der Waals surface area contributed by atoms with Crippen LogP contribution in [-0.2, 0) is 33.8 Å². The van der Waals surface area contributed by atoms with E-state index in [2.05, 4.69) is 22.8 Å². The second-order valence-corrected chi connectivity index (χ2v) is 16.0. The first-order valence-corrected chi connectivity index (χ1v) is 21.4. The number of Topliss-reactive ketones (excluding diaryl/α,β-unsaturated/α-hetero) is 1. The second-order valence-electron chi connectivity index (χ2n) is 15.0. The Balaban J connectivity index is 1.04. The van der Waals surface area contributed by atoms with Crippen molar-refractivity contribution in [2.75, 3.05) is 5.75 Å². The van der Waals surface area contributed by atoms with Crippen molar-refractivity contribution >= 4 is 23.6 Å². The SMILES string of the molecule is CC(=O)C(Cc1ccccc1)NC(=O)NCc1ccc(C2OC(CSc3nc(-c4ccccc4)c(-c4ccccc4)o3)C(c3ccccc3)C(c3ccc(CO)cc3)O2)cc1. The molecule has 5 unspecified atom stereocenters. The average molecular weight is 830 g/mol. The van der Waals surface area contributed by atoms with Crippen molar-refractivity contribution in [2.24, 2.45) is 0 Å². The summed E-state index contributed by atoms with van der Waals surface area (Å²) in [6.07, 6.45) is -1.06. The zero-order valence-electron chi connectivity index (χ0n) is 33.7. The van der Waals surface area contributed by atoms with E-state index in [0.29, 0.717) is 23.2 Å². The molecule has 0 aliphatic carbocycles. The minimum atomic E-state index is -0.725. The number of oxazole rings is 1. The fourth-order valence-electron chi connectivity index (χ4n) is 7.57. The quantitative estimate of drug-likeness (QED) is 0.0874. The van der Waals surface area contributed by atoms with Gasteiger partial charge in [-0.15, -0.1) is 0 Å². The number of hydrogen-bond acceptors (Lipinski definition) is 8. The van der Waals surface area contributed by atoms with E-state index in [1.54, 1.807) is 0 Å². The fraction of sp³-hybridized carbons (Fsp3) is 0.196. The van der Waals surface area contributed by atoms with Gasteiger partial charge in [-0.25, -0.2) is 9.78 Å². The number of nitrogens with one attached hydrogen (secondary N) is 2. The summed E-state index contributed by atoms with van der Waals surface area (Å²) in [4.78, 5) is 30.3. The number of ketones is 1. The van der Waals surface area contributed by atoms with E-state index in [4.69, 9.17) is 18.9 Å². The second kappa shape index (κ2) is 19.8. The highest BCUT2D eigenvalue weighted by atomic mass is 32.2. The fourth-order valence-corrected chi connectivity index (χ4v) is 8.47. The van der Waals surface area contributed by atoms with Crippen molar-refractivity contribution in [2.45, 2.75) is 62.2 Å². The molecule has 3 N–H and O–H groups in total. The van der Waals surface area contributed by atoms with Crippen molar-refractivity contribution < 1.29 is 28.6 Å². The molecule has 1 aromatic heterocycles. The molecule has 10 heteroatoms. The summed E-state index contributed by atoms with van der Waals surface area (Å²) in [5.41, 5.74) is 8.20. The van der Waals surface area contributed by atoms with Crippen LogP contribution in [0, 0.1) is 0 Å². The Hall–Kier alpha value is -6.30. The van der Waals surface area contributed by atoms with E-state index < -0.39 is 24.5 Å². The van der Waals surface area contributed by atoms with E-state index in [1.165, 1.54) is 18.7 Å². The Bertz CT molecular complexity index is 2430. The maximum atomic E-state index is 12.9. The predicted octanol–water partition coefficient (Wildman–Crippen LogP) is 10.2. The number of thioether (sulfide) groups is 1. The number of rotatable bonds is 15. The number of ether oxygens (including phenoxy) is 2. The van der Waals surface area contributed by atoms with E-state index >= 15 is 0 Å². The molecule has 61 heavy (non-hydrogen) atoms. The summed E-state index contributed by atoms with van der Waals surface area (Å²) in [5.74, 6) is 0.902. The lowest BCUT2D eigenvalue weighted by atomic mass is 9.84. The van der Waals surface area contributed by atoms with Gasteiger partial charge in [0.2, 0.25) is 0 Å². The van der Waals surface area contributed by atoms with Crippen LogP contribution in [0.15, 0.2) is 179 Å². The number of aliphatic hydroxyl groups is 1. The van der Waals surface area contributed by atoms with Crippen molar-refractivity contribution in [3.05, 3.63) is 203 Å². The molecule has 8 rings (SSSR count). The first kappa shape index (κ1) is 41.4. The van der Waals surface area contributed by atoms with E-state index in [9.17, 15) is 14.7 Å². The molecule has 9 nitrogen and oxygen atoms in total. The number of aliphatic hydroxyl groups excluding tert-OH is 1. The molecule has 1 saturated heterocycles. The molecule has 2 amide bonds. The van der Waals surface area contributed by atoms with Crippen LogP contribution >= 0.6 is 11.8 Å². The van der Waals surface area contributed by atoms with Crippen LogP contribution in [0.5, 0.6) is 0 Å². The zero-order valence-corrected chi connectivity index (χ0v) is 34.5. The van der Waals surface area contributed by atoms with Crippen LogP contribution in [-0.4, -0.2) is 39.8 Å². The van der Waals surface area contributed by atoms with Gasteiger partial charge in [-0.05, 0) is 41.2 Å². The molecule has 7 aromatic rings. The summed E-state index contributed by atoms with van der Waals surface area (Å²) in [6, 6.07) is 54.6. The van der Waals surface area contributed by atoms with Crippen LogP contribution in [0.4, 0.5) is 4.79 Å². The van der Waals surface area contributed by atoms with Gasteiger partial charge < -0.3 is 29.6 Å². The minimum Gasteiger partial charge on any atom is -0.431 e. The summed E-state index contributed by atoms with van der Waals surface area (Å²) in [5, 5.41) is 16.1. The summed E-state index contributed by atoms with van der Waals surface area (Å²) < 4.78 is 20.4. The van der Waals surface area contributed by atoms with Crippen LogP contribution in [0.3, 0.4) is 0 Å². The summed E-state index contributed by atoms with van der Waals surface area (Å²) in [6.45, 7) is 1.69. The van der Waals surface area contributed by atoms with Gasteiger partial charge in [-0.1, -0.05) is 182 Å². The van der Waals surface area contributed by atoms with Crippen LogP contribution in [0.25, 0.3) is 22.6 Å². The number of carbonyl (C=O) groups excluding carboxylic acids is 2. The van der Waals surface area contributed by atoms with E-state index in [0.717, 1.165) is 50.2 Å². The third-order valence-electron chi connectivity index (χ3n) is 10.8. The number of aromatic nitrogens is 1. The normalized spacial score (nSPS) is 17.9. The number of amides is 2. The highest BCUT2D eigenvalue weighted by Gasteiger charge is 2.42. The third kappa shape index (κ3) is 10.4. The lowest BCUT2D eigenvalue weighted by molar-refractivity contribution is -0.255. The Morgan fingerprint density at radius 3 is 1.90 bits per heavy atom. The number of hydrogen-bond donors (Lipinski definition) is 3. The maximum absolute atomic E-state index is 12.9. The molecule has 0 bridgehead atoms. The highest BCUT2D eigenvalue weighted by molar-refractivity contribution is 7.99. The van der Waals surface area contributed by atoms with Gasteiger partial charge in [0.05, 0.1) is 24.9 Å². The lowest BCUT2D eigenvalue weighted by Gasteiger charge is -2.43. The standard InChI is InChI=1S/C51H47N3O6S/c1-34(56)43(30-35-14-6-2-7-15-35)53-50(57)52-31-36-22-28-42(29-23-36)49-58-44(45(38-16-8-3-9-17-38)47(59-49)41-26-24-37(32-55)25-27-41)33-61-51-54-46(39-18-10-4-11-19-39)48(60-51)40-20-12-5-13-21-40/h2-29,43-45,47,49,55H,30-33H2,1H3,(H2,52,53,57). The predicted molar refractivity (Wildman–Crippen MR) is 238 cm³/mol. The Morgan fingerprint density at radius 1 is 0.672 bits per heavy atom. The third-order valence-corrected chi connectivity index (χ3v) is 11.7. The van der Waals surface area contributed by atoms with Crippen molar-refractivity contribution in [3.8, 4) is 22.6 Å². The molecule has 308 valence electrons. The van der Waals surface area contributed by atoms with Gasteiger partial charge in [-0.3, -0.25) is 4.79 Å². The molecule has 2 heterocycles. The number of carbonyl (C=O) groups is 2. The van der Waals surface area contributed by atoms with Crippen molar-refractivity contribution in [1.82, 2.24) is 15.6 Å². The van der Waals surface area contributed by atoms with Crippen LogP contribution < -0.4 is 10.6 Å². The average Bonchev–Trinajstić information content (AvgIpc) is 3.75. The molecular weight excluding hydrogens is 783 g/mol. The van der Waals surface area contributed by atoms with Crippen molar-refractivity contribution in [1.29, 1.82) is 0 Å². The Labute approximate surface area is 360 Å². The molecule has 1 aliphatic heterocycles. The van der Waals surface area contributed by atoms with Gasteiger partial charge in [-0.2, -0.15) is 0 Å². The molecule has 0 radical (unpaired) electrons. The molecule has 0 saturated carbocycles.